The van der Waals surface area contributed by atoms with Crippen LogP contribution >= 0.6 is 0 Å². The lowest BCUT2D eigenvalue weighted by atomic mass is 9.95. The van der Waals surface area contributed by atoms with Gasteiger partial charge in [0.2, 0.25) is 5.91 Å². The second-order valence-electron chi connectivity index (χ2n) is 5.63. The molecule has 0 bridgehead atoms. The average molecular weight is 240 g/mol. The summed E-state index contributed by atoms with van der Waals surface area (Å²) in [5.74, 6) is 0.281. The maximum atomic E-state index is 11.7. The van der Waals surface area contributed by atoms with Crippen LogP contribution in [-0.2, 0) is 4.79 Å². The molecule has 1 aliphatic heterocycles. The molecule has 1 rings (SSSR count). The number of nitrogens with one attached hydrogen (secondary N) is 1. The van der Waals surface area contributed by atoms with Crippen LogP contribution in [0.15, 0.2) is 0 Å². The Hall–Kier alpha value is -0.570. The predicted octanol–water partition coefficient (Wildman–Crippen LogP) is 2.41. The SMILES string of the molecule is CC[C@@H](C[C@H]1CCCCN1C)NC(=O)C(C)C. The van der Waals surface area contributed by atoms with Crippen molar-refractivity contribution >= 4 is 5.91 Å². The maximum absolute atomic E-state index is 11.7. The molecule has 0 aliphatic carbocycles. The Balaban J connectivity index is 2.42. The third-order valence-corrected chi connectivity index (χ3v) is 3.84. The molecule has 3 heteroatoms. The van der Waals surface area contributed by atoms with E-state index in [4.69, 9.17) is 0 Å². The topological polar surface area (TPSA) is 32.3 Å². The number of amides is 1. The van der Waals surface area contributed by atoms with Crippen LogP contribution in [0, 0.1) is 5.92 Å². The van der Waals surface area contributed by atoms with E-state index in [0.717, 1.165) is 12.8 Å². The molecule has 1 saturated heterocycles. The number of carbonyl (C=O) groups is 1. The largest absolute Gasteiger partial charge is 0.353 e. The van der Waals surface area contributed by atoms with E-state index in [1.807, 2.05) is 13.8 Å². The summed E-state index contributed by atoms with van der Waals surface area (Å²) >= 11 is 0. The first-order valence-corrected chi connectivity index (χ1v) is 7.05. The van der Waals surface area contributed by atoms with Crippen LogP contribution in [0.4, 0.5) is 0 Å². The zero-order chi connectivity index (χ0) is 12.8. The highest BCUT2D eigenvalue weighted by molar-refractivity contribution is 5.78. The molecule has 1 heterocycles. The minimum absolute atomic E-state index is 0.0909. The molecule has 0 aromatic heterocycles. The van der Waals surface area contributed by atoms with E-state index >= 15 is 0 Å². The molecule has 0 spiro atoms. The van der Waals surface area contributed by atoms with E-state index in [0.29, 0.717) is 12.1 Å². The van der Waals surface area contributed by atoms with Crippen molar-refractivity contribution in [3.8, 4) is 0 Å². The molecule has 1 aliphatic rings. The Morgan fingerprint density at radius 1 is 1.41 bits per heavy atom. The van der Waals surface area contributed by atoms with E-state index in [1.54, 1.807) is 0 Å². The number of hydrogen-bond donors (Lipinski definition) is 1. The quantitative estimate of drug-likeness (QED) is 0.800. The van der Waals surface area contributed by atoms with Gasteiger partial charge in [0.05, 0.1) is 0 Å². The Morgan fingerprint density at radius 2 is 2.12 bits per heavy atom. The van der Waals surface area contributed by atoms with Crippen molar-refractivity contribution in [2.75, 3.05) is 13.6 Å². The van der Waals surface area contributed by atoms with E-state index in [2.05, 4.69) is 24.2 Å². The Morgan fingerprint density at radius 3 is 2.65 bits per heavy atom. The van der Waals surface area contributed by atoms with Gasteiger partial charge in [-0.1, -0.05) is 27.2 Å². The van der Waals surface area contributed by atoms with Gasteiger partial charge < -0.3 is 10.2 Å². The van der Waals surface area contributed by atoms with Gasteiger partial charge in [0, 0.05) is 18.0 Å². The van der Waals surface area contributed by atoms with Crippen LogP contribution in [-0.4, -0.2) is 36.5 Å². The van der Waals surface area contributed by atoms with Gasteiger partial charge >= 0.3 is 0 Å². The van der Waals surface area contributed by atoms with Crippen LogP contribution in [0.1, 0.15) is 52.9 Å². The highest BCUT2D eigenvalue weighted by Crippen LogP contribution is 2.20. The van der Waals surface area contributed by atoms with Gasteiger partial charge in [-0.15, -0.1) is 0 Å². The molecule has 1 N–H and O–H groups in total. The van der Waals surface area contributed by atoms with Crippen LogP contribution in [0.3, 0.4) is 0 Å². The van der Waals surface area contributed by atoms with Crippen LogP contribution in [0.5, 0.6) is 0 Å². The fourth-order valence-electron chi connectivity index (χ4n) is 2.47. The average Bonchev–Trinajstić information content (AvgIpc) is 2.30. The summed E-state index contributed by atoms with van der Waals surface area (Å²) in [7, 11) is 2.21. The minimum Gasteiger partial charge on any atom is -0.353 e. The van der Waals surface area contributed by atoms with Crippen molar-refractivity contribution in [1.82, 2.24) is 10.2 Å². The smallest absolute Gasteiger partial charge is 0.222 e. The van der Waals surface area contributed by atoms with E-state index in [9.17, 15) is 4.79 Å². The summed E-state index contributed by atoms with van der Waals surface area (Å²) in [6, 6.07) is 0.997. The fraction of sp³-hybridized carbons (Fsp3) is 0.929. The monoisotopic (exact) mass is 240 g/mol. The molecule has 0 aromatic rings. The molecule has 1 amide bonds. The van der Waals surface area contributed by atoms with Crippen LogP contribution in [0.2, 0.25) is 0 Å². The summed E-state index contributed by atoms with van der Waals surface area (Å²) in [6.07, 6.45) is 6.07. The summed E-state index contributed by atoms with van der Waals surface area (Å²) in [5, 5.41) is 3.17. The number of hydrogen-bond acceptors (Lipinski definition) is 2. The molecule has 1 fully saturated rings. The zero-order valence-corrected chi connectivity index (χ0v) is 11.8. The first-order chi connectivity index (χ1) is 8.04. The lowest BCUT2D eigenvalue weighted by molar-refractivity contribution is -0.124. The van der Waals surface area contributed by atoms with Gasteiger partial charge in [-0.05, 0) is 39.3 Å². The minimum atomic E-state index is 0.0909. The Labute approximate surface area is 106 Å². The Kier molecular flexibility index (Phi) is 5.96. The summed E-state index contributed by atoms with van der Waals surface area (Å²) in [5.41, 5.74) is 0. The molecule has 0 aromatic carbocycles. The van der Waals surface area contributed by atoms with Crippen molar-refractivity contribution < 1.29 is 4.79 Å². The van der Waals surface area contributed by atoms with Crippen molar-refractivity contribution in [2.45, 2.75) is 65.0 Å². The highest BCUT2D eigenvalue weighted by Gasteiger charge is 2.23. The third-order valence-electron chi connectivity index (χ3n) is 3.84. The van der Waals surface area contributed by atoms with E-state index in [1.165, 1.54) is 25.8 Å². The summed E-state index contributed by atoms with van der Waals surface area (Å²) in [4.78, 5) is 14.2. The van der Waals surface area contributed by atoms with E-state index < -0.39 is 0 Å². The maximum Gasteiger partial charge on any atom is 0.222 e. The zero-order valence-electron chi connectivity index (χ0n) is 11.8. The first kappa shape index (κ1) is 14.5. The normalized spacial score (nSPS) is 23.7. The molecule has 3 nitrogen and oxygen atoms in total. The van der Waals surface area contributed by atoms with Gasteiger partial charge in [-0.25, -0.2) is 0 Å². The van der Waals surface area contributed by atoms with Gasteiger partial charge in [-0.2, -0.15) is 0 Å². The predicted molar refractivity (Wildman–Crippen MR) is 71.9 cm³/mol. The first-order valence-electron chi connectivity index (χ1n) is 7.05. The lowest BCUT2D eigenvalue weighted by Gasteiger charge is -2.35. The lowest BCUT2D eigenvalue weighted by Crippen LogP contribution is -2.44. The van der Waals surface area contributed by atoms with E-state index in [-0.39, 0.29) is 11.8 Å². The molecule has 100 valence electrons. The van der Waals surface area contributed by atoms with Crippen molar-refractivity contribution in [2.24, 2.45) is 5.92 Å². The molecule has 2 atom stereocenters. The second-order valence-corrected chi connectivity index (χ2v) is 5.63. The van der Waals surface area contributed by atoms with Crippen LogP contribution in [0.25, 0.3) is 0 Å². The van der Waals surface area contributed by atoms with Crippen LogP contribution < -0.4 is 5.32 Å². The molecule has 0 radical (unpaired) electrons. The van der Waals surface area contributed by atoms with Crippen molar-refractivity contribution in [3.05, 3.63) is 0 Å². The molecular weight excluding hydrogens is 212 g/mol. The van der Waals surface area contributed by atoms with Gasteiger partial charge in [0.1, 0.15) is 0 Å². The third kappa shape index (κ3) is 4.66. The van der Waals surface area contributed by atoms with Crippen molar-refractivity contribution in [1.29, 1.82) is 0 Å². The highest BCUT2D eigenvalue weighted by atomic mass is 16.1. The number of nitrogens with zero attached hydrogens (tertiary/aromatic N) is 1. The Bertz CT molecular complexity index is 240. The van der Waals surface area contributed by atoms with Gasteiger partial charge in [0.25, 0.3) is 0 Å². The standard InChI is InChI=1S/C14H28N2O/c1-5-12(15-14(17)11(2)3)10-13-8-6-7-9-16(13)4/h11-13H,5-10H2,1-4H3,(H,15,17)/t12-,13+/m0/s1. The number of likely N-dealkylation sites (tertiary alicyclic amines) is 1. The molecule has 0 saturated carbocycles. The van der Waals surface area contributed by atoms with Gasteiger partial charge in [0.15, 0.2) is 0 Å². The number of piperidine rings is 1. The fourth-order valence-corrected chi connectivity index (χ4v) is 2.47. The van der Waals surface area contributed by atoms with Gasteiger partial charge in [-0.3, -0.25) is 4.79 Å². The molecular formula is C14H28N2O. The number of rotatable bonds is 5. The van der Waals surface area contributed by atoms with Crippen molar-refractivity contribution in [3.63, 3.8) is 0 Å². The number of carbonyl (C=O) groups excluding carboxylic acids is 1. The second kappa shape index (κ2) is 7.00. The summed E-state index contributed by atoms with van der Waals surface area (Å²) < 4.78 is 0. The molecule has 17 heavy (non-hydrogen) atoms. The summed E-state index contributed by atoms with van der Waals surface area (Å²) in [6.45, 7) is 7.27. The molecule has 0 unspecified atom stereocenters.